The molecule has 0 unspecified atom stereocenters. The first-order valence-corrected chi connectivity index (χ1v) is 10.6. The number of amides is 1. The summed E-state index contributed by atoms with van der Waals surface area (Å²) in [6.45, 7) is 2.43. The first-order valence-electron chi connectivity index (χ1n) is 9.81. The van der Waals surface area contributed by atoms with Gasteiger partial charge in [0.15, 0.2) is 10.9 Å². The molecule has 5 nitrogen and oxygen atoms in total. The predicted octanol–water partition coefficient (Wildman–Crippen LogP) is 5.85. The Hall–Kier alpha value is -3.51. The van der Waals surface area contributed by atoms with Crippen LogP contribution in [0.25, 0.3) is 21.2 Å². The highest BCUT2D eigenvalue weighted by atomic mass is 32.1. The number of carbonyl (C=O) groups excluding carboxylic acids is 1. The van der Waals surface area contributed by atoms with Crippen molar-refractivity contribution < 1.29 is 9.21 Å². The monoisotopic (exact) mass is 413 g/mol. The molecule has 0 atom stereocenters. The molecule has 6 heteroatoms. The van der Waals surface area contributed by atoms with Crippen LogP contribution >= 0.6 is 11.3 Å². The topological polar surface area (TPSA) is 59.2 Å². The number of anilines is 1. The lowest BCUT2D eigenvalue weighted by Crippen LogP contribution is -2.30. The van der Waals surface area contributed by atoms with Crippen molar-refractivity contribution >= 4 is 43.6 Å². The van der Waals surface area contributed by atoms with Gasteiger partial charge in [-0.1, -0.05) is 54.7 Å². The minimum absolute atomic E-state index is 0.228. The summed E-state index contributed by atoms with van der Waals surface area (Å²) in [5.41, 5.74) is 3.60. The Bertz CT molecular complexity index is 1310. The fourth-order valence-electron chi connectivity index (χ4n) is 3.49. The number of thiazole rings is 1. The Morgan fingerprint density at radius 2 is 1.93 bits per heavy atom. The van der Waals surface area contributed by atoms with Crippen LogP contribution in [-0.2, 0) is 13.0 Å². The average Bonchev–Trinajstić information content (AvgIpc) is 3.41. The number of furan rings is 1. The number of fused-ring (bicyclic) bond motifs is 2. The lowest BCUT2D eigenvalue weighted by Gasteiger charge is -2.18. The van der Waals surface area contributed by atoms with Gasteiger partial charge in [-0.2, -0.15) is 0 Å². The second-order valence-corrected chi connectivity index (χ2v) is 7.98. The van der Waals surface area contributed by atoms with Gasteiger partial charge in [0.25, 0.3) is 5.91 Å². The Balaban J connectivity index is 1.60. The molecule has 5 rings (SSSR count). The third-order valence-electron chi connectivity index (χ3n) is 5.03. The fourth-order valence-corrected chi connectivity index (χ4v) is 4.51. The summed E-state index contributed by atoms with van der Waals surface area (Å²) >= 11 is 1.51. The van der Waals surface area contributed by atoms with E-state index in [4.69, 9.17) is 9.40 Å². The van der Waals surface area contributed by atoms with E-state index < -0.39 is 0 Å². The van der Waals surface area contributed by atoms with Crippen LogP contribution in [0.3, 0.4) is 0 Å². The highest BCUT2D eigenvalue weighted by molar-refractivity contribution is 7.22. The molecule has 0 saturated carbocycles. The van der Waals surface area contributed by atoms with Gasteiger partial charge in [0.2, 0.25) is 0 Å². The Morgan fingerprint density at radius 1 is 1.07 bits per heavy atom. The van der Waals surface area contributed by atoms with E-state index in [1.807, 2.05) is 54.6 Å². The van der Waals surface area contributed by atoms with Crippen LogP contribution in [-0.4, -0.2) is 15.9 Å². The third kappa shape index (κ3) is 3.35. The molecular weight excluding hydrogens is 394 g/mol. The zero-order valence-corrected chi connectivity index (χ0v) is 17.2. The third-order valence-corrected chi connectivity index (χ3v) is 6.07. The normalized spacial score (nSPS) is 11.2. The fraction of sp³-hybridized carbons (Fsp3) is 0.125. The van der Waals surface area contributed by atoms with Gasteiger partial charge in [-0.3, -0.25) is 14.7 Å². The molecule has 0 N–H and O–H groups in total. The summed E-state index contributed by atoms with van der Waals surface area (Å²) in [5, 5.41) is 1.54. The number of aryl methyl sites for hydroxylation is 1. The van der Waals surface area contributed by atoms with Crippen LogP contribution in [0.5, 0.6) is 0 Å². The summed E-state index contributed by atoms with van der Waals surface area (Å²) in [7, 11) is 0. The number of rotatable bonds is 5. The van der Waals surface area contributed by atoms with E-state index in [1.165, 1.54) is 16.9 Å². The number of pyridine rings is 1. The number of benzene rings is 2. The number of hydrogen-bond acceptors (Lipinski definition) is 5. The van der Waals surface area contributed by atoms with Crippen LogP contribution in [0.4, 0.5) is 5.13 Å². The van der Waals surface area contributed by atoms with E-state index in [0.717, 1.165) is 27.7 Å². The first-order chi connectivity index (χ1) is 14.7. The Morgan fingerprint density at radius 3 is 2.73 bits per heavy atom. The summed E-state index contributed by atoms with van der Waals surface area (Å²) in [6, 6.07) is 21.2. The zero-order chi connectivity index (χ0) is 20.5. The van der Waals surface area contributed by atoms with E-state index in [-0.39, 0.29) is 5.91 Å². The smallest absolute Gasteiger partial charge is 0.296 e. The molecule has 0 saturated heterocycles. The van der Waals surface area contributed by atoms with Crippen molar-refractivity contribution in [2.24, 2.45) is 0 Å². The van der Waals surface area contributed by atoms with Gasteiger partial charge in [0.05, 0.1) is 22.5 Å². The molecule has 0 fully saturated rings. The summed E-state index contributed by atoms with van der Waals surface area (Å²) < 4.78 is 6.92. The molecule has 1 amide bonds. The first kappa shape index (κ1) is 18.5. The largest absolute Gasteiger partial charge is 0.451 e. The van der Waals surface area contributed by atoms with Crippen LogP contribution in [0, 0.1) is 0 Å². The average molecular weight is 414 g/mol. The molecule has 148 valence electrons. The van der Waals surface area contributed by atoms with Crippen molar-refractivity contribution in [2.45, 2.75) is 19.9 Å². The van der Waals surface area contributed by atoms with E-state index in [0.29, 0.717) is 23.0 Å². The summed E-state index contributed by atoms with van der Waals surface area (Å²) in [4.78, 5) is 24.4. The van der Waals surface area contributed by atoms with Crippen LogP contribution < -0.4 is 4.90 Å². The molecule has 0 bridgehead atoms. The van der Waals surface area contributed by atoms with Gasteiger partial charge in [-0.25, -0.2) is 4.98 Å². The summed E-state index contributed by atoms with van der Waals surface area (Å²) in [5.74, 6) is 0.0658. The molecule has 0 radical (unpaired) electrons. The highest BCUT2D eigenvalue weighted by Gasteiger charge is 2.25. The van der Waals surface area contributed by atoms with Gasteiger partial charge < -0.3 is 4.42 Å². The molecule has 3 heterocycles. The molecular formula is C24H19N3O2S. The van der Waals surface area contributed by atoms with Crippen LogP contribution in [0.2, 0.25) is 0 Å². The van der Waals surface area contributed by atoms with Crippen molar-refractivity contribution in [3.8, 4) is 0 Å². The van der Waals surface area contributed by atoms with Crippen LogP contribution in [0.15, 0.2) is 77.3 Å². The summed E-state index contributed by atoms with van der Waals surface area (Å²) in [6.07, 6.45) is 2.62. The molecule has 0 aliphatic carbocycles. The highest BCUT2D eigenvalue weighted by Crippen LogP contribution is 2.33. The maximum Gasteiger partial charge on any atom is 0.296 e. The van der Waals surface area contributed by atoms with E-state index in [1.54, 1.807) is 17.2 Å². The Labute approximate surface area is 177 Å². The SMILES string of the molecule is CCc1cccc2sc(N(Cc3ccccn3)C(=O)c3cc4ccccc4o3)nc12. The second-order valence-electron chi connectivity index (χ2n) is 6.97. The van der Waals surface area contributed by atoms with Gasteiger partial charge in [-0.05, 0) is 42.3 Å². The molecule has 5 aromatic rings. The van der Waals surface area contributed by atoms with E-state index in [9.17, 15) is 4.79 Å². The Kier molecular flexibility index (Phi) is 4.77. The maximum absolute atomic E-state index is 13.5. The van der Waals surface area contributed by atoms with Gasteiger partial charge in [0.1, 0.15) is 5.58 Å². The van der Waals surface area contributed by atoms with Crippen molar-refractivity contribution in [2.75, 3.05) is 4.90 Å². The standard InChI is InChI=1S/C24H19N3O2S/c1-2-16-9-7-12-21-22(16)26-24(30-21)27(15-18-10-5-6-13-25-18)23(28)20-14-17-8-3-4-11-19(17)29-20/h3-14H,2,15H2,1H3. The molecule has 0 aliphatic rings. The number of aromatic nitrogens is 2. The quantitative estimate of drug-likeness (QED) is 0.363. The lowest BCUT2D eigenvalue weighted by molar-refractivity contribution is 0.0960. The number of nitrogens with zero attached hydrogens (tertiary/aromatic N) is 3. The van der Waals surface area contributed by atoms with Crippen molar-refractivity contribution in [3.63, 3.8) is 0 Å². The molecule has 0 spiro atoms. The van der Waals surface area contributed by atoms with E-state index >= 15 is 0 Å². The van der Waals surface area contributed by atoms with Crippen molar-refractivity contribution in [1.82, 2.24) is 9.97 Å². The van der Waals surface area contributed by atoms with Crippen molar-refractivity contribution in [1.29, 1.82) is 0 Å². The van der Waals surface area contributed by atoms with Crippen LogP contribution in [0.1, 0.15) is 28.7 Å². The maximum atomic E-state index is 13.5. The van der Waals surface area contributed by atoms with Gasteiger partial charge in [-0.15, -0.1) is 0 Å². The molecule has 30 heavy (non-hydrogen) atoms. The zero-order valence-electron chi connectivity index (χ0n) is 16.4. The number of hydrogen-bond donors (Lipinski definition) is 0. The molecule has 0 aliphatic heterocycles. The molecule has 3 aromatic heterocycles. The minimum atomic E-state index is -0.228. The lowest BCUT2D eigenvalue weighted by atomic mass is 10.1. The predicted molar refractivity (Wildman–Crippen MR) is 120 cm³/mol. The van der Waals surface area contributed by atoms with E-state index in [2.05, 4.69) is 18.0 Å². The minimum Gasteiger partial charge on any atom is -0.451 e. The second kappa shape index (κ2) is 7.72. The van der Waals surface area contributed by atoms with Crippen molar-refractivity contribution in [3.05, 3.63) is 89.9 Å². The number of carbonyl (C=O) groups is 1. The molecule has 2 aromatic carbocycles. The van der Waals surface area contributed by atoms with Gasteiger partial charge >= 0.3 is 0 Å². The van der Waals surface area contributed by atoms with Gasteiger partial charge in [0, 0.05) is 11.6 Å². The number of para-hydroxylation sites is 2.